The molecule has 1 fully saturated rings. The molecule has 18 heavy (non-hydrogen) atoms. The molecule has 1 aliphatic rings. The van der Waals surface area contributed by atoms with Crippen LogP contribution in [0.3, 0.4) is 0 Å². The van der Waals surface area contributed by atoms with Crippen molar-refractivity contribution >= 4 is 16.9 Å². The van der Waals surface area contributed by atoms with E-state index in [1.807, 2.05) is 16.8 Å². The molecule has 0 aromatic carbocycles. The predicted molar refractivity (Wildman–Crippen MR) is 66.8 cm³/mol. The summed E-state index contributed by atoms with van der Waals surface area (Å²) >= 11 is 0. The molecule has 2 heterocycles. The van der Waals surface area contributed by atoms with Gasteiger partial charge in [0, 0.05) is 24.8 Å². The first-order valence-corrected chi connectivity index (χ1v) is 6.06. The van der Waals surface area contributed by atoms with Crippen molar-refractivity contribution in [2.75, 3.05) is 12.3 Å². The van der Waals surface area contributed by atoms with E-state index in [4.69, 9.17) is 5.73 Å². The Bertz CT molecular complexity index is 568. The normalized spacial score (nSPS) is 28.0. The van der Waals surface area contributed by atoms with Crippen molar-refractivity contribution in [1.82, 2.24) is 14.5 Å². The zero-order chi connectivity index (χ0) is 12.7. The summed E-state index contributed by atoms with van der Waals surface area (Å²) in [5.41, 5.74) is 6.59. The van der Waals surface area contributed by atoms with Crippen LogP contribution in [0, 0.1) is 5.92 Å². The van der Waals surface area contributed by atoms with Gasteiger partial charge in [-0.15, -0.1) is 0 Å². The topological polar surface area (TPSA) is 97.2 Å². The minimum atomic E-state index is -0.448. The highest BCUT2D eigenvalue weighted by Crippen LogP contribution is 2.36. The molecule has 2 aromatic rings. The van der Waals surface area contributed by atoms with Crippen LogP contribution in [0.4, 0.5) is 5.82 Å². The van der Waals surface area contributed by atoms with E-state index in [1.54, 1.807) is 0 Å². The van der Waals surface area contributed by atoms with E-state index in [9.17, 15) is 10.2 Å². The van der Waals surface area contributed by atoms with E-state index in [0.717, 1.165) is 17.5 Å². The Balaban J connectivity index is 1.99. The smallest absolute Gasteiger partial charge is 0.145 e. The van der Waals surface area contributed by atoms with Gasteiger partial charge in [-0.2, -0.15) is 0 Å². The number of anilines is 1. The van der Waals surface area contributed by atoms with Crippen molar-refractivity contribution in [1.29, 1.82) is 0 Å². The second kappa shape index (κ2) is 4.22. The van der Waals surface area contributed by atoms with Crippen LogP contribution >= 0.6 is 0 Å². The number of aliphatic hydroxyl groups excluding tert-OH is 2. The summed E-state index contributed by atoms with van der Waals surface area (Å²) in [7, 11) is 0. The molecule has 1 saturated carbocycles. The molecule has 3 atom stereocenters. The maximum absolute atomic E-state index is 9.85. The quantitative estimate of drug-likeness (QED) is 0.711. The number of nitrogens with zero attached hydrogens (tertiary/aromatic N) is 3. The van der Waals surface area contributed by atoms with Gasteiger partial charge in [0.2, 0.25) is 0 Å². The minimum absolute atomic E-state index is 0.0218. The van der Waals surface area contributed by atoms with Gasteiger partial charge in [-0.25, -0.2) is 9.97 Å². The average Bonchev–Trinajstić information content (AvgIpc) is 2.93. The molecule has 3 rings (SSSR count). The van der Waals surface area contributed by atoms with Gasteiger partial charge in [-0.1, -0.05) is 0 Å². The van der Waals surface area contributed by atoms with Crippen LogP contribution in [0.25, 0.3) is 11.0 Å². The number of rotatable bonds is 2. The molecule has 1 aliphatic carbocycles. The monoisotopic (exact) mass is 248 g/mol. The van der Waals surface area contributed by atoms with Crippen LogP contribution < -0.4 is 5.73 Å². The Kier molecular flexibility index (Phi) is 2.68. The lowest BCUT2D eigenvalue weighted by atomic mass is 10.1. The van der Waals surface area contributed by atoms with E-state index in [0.29, 0.717) is 12.2 Å². The summed E-state index contributed by atoms with van der Waals surface area (Å²) in [6, 6.07) is 2.05. The first-order chi connectivity index (χ1) is 8.70. The first kappa shape index (κ1) is 11.4. The van der Waals surface area contributed by atoms with Gasteiger partial charge < -0.3 is 20.5 Å². The van der Waals surface area contributed by atoms with Crippen molar-refractivity contribution in [3.8, 4) is 0 Å². The van der Waals surface area contributed by atoms with Crippen LogP contribution in [0.15, 0.2) is 18.6 Å². The fraction of sp³-hybridized carbons (Fsp3) is 0.500. The van der Waals surface area contributed by atoms with Crippen LogP contribution in [0.2, 0.25) is 0 Å². The third-order valence-electron chi connectivity index (χ3n) is 3.80. The standard InChI is InChI=1S/C12H16N4O2/c13-11-9-1-2-16(12(9)15-6-14-11)8-3-7(5-17)10(18)4-8/h1-2,6-8,10,17-18H,3-5H2,(H2,13,14,15). The molecule has 6 heteroatoms. The summed E-state index contributed by atoms with van der Waals surface area (Å²) in [4.78, 5) is 8.21. The zero-order valence-corrected chi connectivity index (χ0v) is 9.90. The van der Waals surface area contributed by atoms with Gasteiger partial charge >= 0.3 is 0 Å². The van der Waals surface area contributed by atoms with Crippen LogP contribution in [-0.2, 0) is 0 Å². The molecule has 0 radical (unpaired) electrons. The lowest BCUT2D eigenvalue weighted by Crippen LogP contribution is -2.16. The molecule has 0 saturated heterocycles. The summed E-state index contributed by atoms with van der Waals surface area (Å²) < 4.78 is 2.02. The Morgan fingerprint density at radius 1 is 1.39 bits per heavy atom. The summed E-state index contributed by atoms with van der Waals surface area (Å²) in [6.45, 7) is 0.0218. The van der Waals surface area contributed by atoms with Gasteiger partial charge in [0.1, 0.15) is 17.8 Å². The fourth-order valence-electron chi connectivity index (χ4n) is 2.78. The summed E-state index contributed by atoms with van der Waals surface area (Å²) in [5.74, 6) is 0.419. The fourth-order valence-corrected chi connectivity index (χ4v) is 2.78. The molecule has 0 spiro atoms. The largest absolute Gasteiger partial charge is 0.396 e. The number of nitrogens with two attached hydrogens (primary N) is 1. The Labute approximate surface area is 104 Å². The SMILES string of the molecule is Nc1ncnc2c1ccn2C1CC(O)C(CO)C1. The van der Waals surface area contributed by atoms with Crippen molar-refractivity contribution in [3.63, 3.8) is 0 Å². The number of hydrogen-bond acceptors (Lipinski definition) is 5. The average molecular weight is 248 g/mol. The highest BCUT2D eigenvalue weighted by Gasteiger charge is 2.34. The Hall–Kier alpha value is -1.66. The number of aliphatic hydroxyl groups is 2. The van der Waals surface area contributed by atoms with Crippen molar-refractivity contribution < 1.29 is 10.2 Å². The molecule has 2 aromatic heterocycles. The molecule has 6 nitrogen and oxygen atoms in total. The van der Waals surface area contributed by atoms with E-state index in [1.165, 1.54) is 6.33 Å². The van der Waals surface area contributed by atoms with Gasteiger partial charge in [0.15, 0.2) is 0 Å². The summed E-state index contributed by atoms with van der Waals surface area (Å²) in [6.07, 6.45) is 4.32. The molecule has 96 valence electrons. The maximum atomic E-state index is 9.85. The molecule has 0 bridgehead atoms. The lowest BCUT2D eigenvalue weighted by Gasteiger charge is -2.13. The third kappa shape index (κ3) is 1.65. The number of hydrogen-bond donors (Lipinski definition) is 3. The van der Waals surface area contributed by atoms with E-state index >= 15 is 0 Å². The van der Waals surface area contributed by atoms with Gasteiger partial charge in [-0.3, -0.25) is 0 Å². The first-order valence-electron chi connectivity index (χ1n) is 6.06. The van der Waals surface area contributed by atoms with E-state index < -0.39 is 6.10 Å². The minimum Gasteiger partial charge on any atom is -0.396 e. The molecule has 0 amide bonds. The van der Waals surface area contributed by atoms with E-state index in [-0.39, 0.29) is 18.6 Å². The second-order valence-corrected chi connectivity index (χ2v) is 4.85. The van der Waals surface area contributed by atoms with Crippen molar-refractivity contribution in [3.05, 3.63) is 18.6 Å². The van der Waals surface area contributed by atoms with E-state index in [2.05, 4.69) is 9.97 Å². The number of fused-ring (bicyclic) bond motifs is 1. The second-order valence-electron chi connectivity index (χ2n) is 4.85. The van der Waals surface area contributed by atoms with Gasteiger partial charge in [0.05, 0.1) is 11.5 Å². The molecular formula is C12H16N4O2. The number of aromatic nitrogens is 3. The van der Waals surface area contributed by atoms with Crippen LogP contribution in [0.5, 0.6) is 0 Å². The highest BCUT2D eigenvalue weighted by molar-refractivity contribution is 5.86. The predicted octanol–water partition coefficient (Wildman–Crippen LogP) is 0.318. The van der Waals surface area contributed by atoms with Gasteiger partial charge in [-0.05, 0) is 18.9 Å². The third-order valence-corrected chi connectivity index (χ3v) is 3.80. The van der Waals surface area contributed by atoms with Crippen LogP contribution in [0.1, 0.15) is 18.9 Å². The summed E-state index contributed by atoms with van der Waals surface area (Å²) in [5, 5.41) is 19.9. The number of nitrogen functional groups attached to an aromatic ring is 1. The molecule has 4 N–H and O–H groups in total. The Morgan fingerprint density at radius 3 is 2.94 bits per heavy atom. The molecular weight excluding hydrogens is 232 g/mol. The molecule has 3 unspecified atom stereocenters. The van der Waals surface area contributed by atoms with Crippen molar-refractivity contribution in [2.24, 2.45) is 5.92 Å². The maximum Gasteiger partial charge on any atom is 0.145 e. The van der Waals surface area contributed by atoms with Crippen LogP contribution in [-0.4, -0.2) is 37.5 Å². The molecule has 0 aliphatic heterocycles. The highest BCUT2D eigenvalue weighted by atomic mass is 16.3. The van der Waals surface area contributed by atoms with Gasteiger partial charge in [0.25, 0.3) is 0 Å². The lowest BCUT2D eigenvalue weighted by molar-refractivity contribution is 0.0906. The van der Waals surface area contributed by atoms with Crippen molar-refractivity contribution in [2.45, 2.75) is 25.0 Å². The zero-order valence-electron chi connectivity index (χ0n) is 9.90. The Morgan fingerprint density at radius 2 is 2.22 bits per heavy atom.